The van der Waals surface area contributed by atoms with Crippen molar-refractivity contribution >= 4 is 5.82 Å². The molecule has 0 fully saturated rings. The van der Waals surface area contributed by atoms with Crippen molar-refractivity contribution in [3.63, 3.8) is 0 Å². The number of rotatable bonds is 0. The van der Waals surface area contributed by atoms with Gasteiger partial charge in [0.1, 0.15) is 18.2 Å². The van der Waals surface area contributed by atoms with Crippen LogP contribution in [0, 0.1) is 0 Å². The lowest BCUT2D eigenvalue weighted by atomic mass is 10.3. The van der Waals surface area contributed by atoms with Gasteiger partial charge in [-0.05, 0) is 0 Å². The van der Waals surface area contributed by atoms with Crippen LogP contribution in [0.25, 0.3) is 0 Å². The third kappa shape index (κ3) is 1.15. The average molecular weight is 169 g/mol. The molecule has 0 radical (unpaired) electrons. The van der Waals surface area contributed by atoms with Gasteiger partial charge in [-0.25, -0.2) is 4.98 Å². The van der Waals surface area contributed by atoms with Crippen molar-refractivity contribution in [2.24, 2.45) is 5.73 Å². The van der Waals surface area contributed by atoms with Gasteiger partial charge in [0.05, 0.1) is 18.6 Å². The summed E-state index contributed by atoms with van der Waals surface area (Å²) >= 11 is 0. The Morgan fingerprint density at radius 2 is 2.50 bits per heavy atom. The van der Waals surface area contributed by atoms with E-state index in [1.165, 1.54) is 0 Å². The smallest absolute Gasteiger partial charge is 0.150 e. The van der Waals surface area contributed by atoms with E-state index < -0.39 is 12.4 Å². The van der Waals surface area contributed by atoms with Gasteiger partial charge < -0.3 is 21.1 Å². The Morgan fingerprint density at radius 1 is 1.67 bits per heavy atom. The van der Waals surface area contributed by atoms with Gasteiger partial charge in [0, 0.05) is 0 Å². The van der Waals surface area contributed by atoms with Crippen molar-refractivity contribution in [2.45, 2.75) is 12.4 Å². The highest BCUT2D eigenvalue weighted by atomic mass is 16.3. The Hall–Kier alpha value is -1.11. The maximum absolute atomic E-state index is 9.25. The van der Waals surface area contributed by atoms with Crippen LogP contribution in [0.3, 0.4) is 0 Å². The van der Waals surface area contributed by atoms with E-state index in [0.29, 0.717) is 12.4 Å². The van der Waals surface area contributed by atoms with E-state index in [0.717, 1.165) is 5.69 Å². The molecule has 0 aliphatic carbocycles. The highest BCUT2D eigenvalue weighted by molar-refractivity contribution is 5.42. The normalized spacial score (nSPS) is 28.8. The topological polar surface area (TPSA) is 99.0 Å². The first kappa shape index (κ1) is 7.53. The number of hydrogen-bond donors (Lipinski definition) is 5. The highest BCUT2D eigenvalue weighted by Gasteiger charge is 2.20. The molecule has 2 atom stereocenters. The summed E-state index contributed by atoms with van der Waals surface area (Å²) in [6.45, 7) is 0.408. The summed E-state index contributed by atoms with van der Waals surface area (Å²) in [4.78, 5) is 6.90. The van der Waals surface area contributed by atoms with E-state index >= 15 is 0 Å². The van der Waals surface area contributed by atoms with Crippen molar-refractivity contribution in [3.8, 4) is 0 Å². The Labute approximate surface area is 69.2 Å². The number of anilines is 1. The van der Waals surface area contributed by atoms with Crippen molar-refractivity contribution in [2.75, 3.05) is 11.9 Å². The standard InChI is InChI=1S/C6H11N5O/c7-5-4-6(10-2-9-4)8-1-3(12)11-5/h2-3,5,8,11-12H,1,7H2,(H,9,10)/t3-,5-/m1/s1. The number of aromatic amines is 1. The molecular weight excluding hydrogens is 158 g/mol. The van der Waals surface area contributed by atoms with Gasteiger partial charge in [-0.2, -0.15) is 0 Å². The second-order valence-electron chi connectivity index (χ2n) is 2.71. The van der Waals surface area contributed by atoms with E-state index in [1.54, 1.807) is 6.33 Å². The van der Waals surface area contributed by atoms with Gasteiger partial charge in [0.15, 0.2) is 0 Å². The minimum Gasteiger partial charge on any atom is -0.377 e. The average Bonchev–Trinajstić information content (AvgIpc) is 2.43. The number of H-pyrrole nitrogens is 1. The zero-order chi connectivity index (χ0) is 8.55. The SMILES string of the molecule is N[C@@H]1N[C@H](O)CNc2nc[nH]c21. The number of imidazole rings is 1. The quantitative estimate of drug-likeness (QED) is 0.332. The van der Waals surface area contributed by atoms with E-state index in [9.17, 15) is 5.11 Å². The number of nitrogens with zero attached hydrogens (tertiary/aromatic N) is 1. The summed E-state index contributed by atoms with van der Waals surface area (Å²) in [5.74, 6) is 0.701. The maximum atomic E-state index is 9.25. The molecule has 0 saturated carbocycles. The molecule has 2 rings (SSSR count). The summed E-state index contributed by atoms with van der Waals surface area (Å²) < 4.78 is 0. The van der Waals surface area contributed by atoms with Crippen LogP contribution < -0.4 is 16.4 Å². The lowest BCUT2D eigenvalue weighted by Crippen LogP contribution is -2.39. The van der Waals surface area contributed by atoms with Gasteiger partial charge in [-0.1, -0.05) is 0 Å². The Kier molecular flexibility index (Phi) is 1.72. The fourth-order valence-corrected chi connectivity index (χ4v) is 1.23. The molecule has 0 amide bonds. The molecule has 0 aromatic carbocycles. The third-order valence-corrected chi connectivity index (χ3v) is 1.81. The second kappa shape index (κ2) is 2.74. The molecule has 0 unspecified atom stereocenters. The first-order valence-corrected chi connectivity index (χ1v) is 3.74. The molecule has 6 heteroatoms. The van der Waals surface area contributed by atoms with E-state index in [4.69, 9.17) is 5.73 Å². The van der Waals surface area contributed by atoms with Crippen molar-refractivity contribution in [1.29, 1.82) is 0 Å². The minimum absolute atomic E-state index is 0.396. The highest BCUT2D eigenvalue weighted by Crippen LogP contribution is 2.17. The maximum Gasteiger partial charge on any atom is 0.150 e. The lowest BCUT2D eigenvalue weighted by molar-refractivity contribution is 0.137. The molecule has 66 valence electrons. The summed E-state index contributed by atoms with van der Waals surface area (Å²) in [6.07, 6.45) is 0.534. The number of nitrogens with one attached hydrogen (secondary N) is 3. The second-order valence-corrected chi connectivity index (χ2v) is 2.71. The summed E-state index contributed by atoms with van der Waals surface area (Å²) in [5, 5.41) is 15.0. The van der Waals surface area contributed by atoms with Crippen LogP contribution in [-0.4, -0.2) is 27.8 Å². The van der Waals surface area contributed by atoms with Gasteiger partial charge in [-0.15, -0.1) is 0 Å². The van der Waals surface area contributed by atoms with Gasteiger partial charge in [0.2, 0.25) is 0 Å². The molecule has 0 saturated heterocycles. The predicted octanol–water partition coefficient (Wildman–Crippen LogP) is -1.30. The Morgan fingerprint density at radius 3 is 3.33 bits per heavy atom. The number of aliphatic hydroxyl groups is 1. The zero-order valence-electron chi connectivity index (χ0n) is 6.41. The number of aromatic nitrogens is 2. The van der Waals surface area contributed by atoms with Crippen LogP contribution in [0.15, 0.2) is 6.33 Å². The van der Waals surface area contributed by atoms with Crippen molar-refractivity contribution < 1.29 is 5.11 Å². The van der Waals surface area contributed by atoms with Crippen molar-refractivity contribution in [1.82, 2.24) is 15.3 Å². The van der Waals surface area contributed by atoms with E-state index in [1.807, 2.05) is 0 Å². The van der Waals surface area contributed by atoms with Gasteiger partial charge >= 0.3 is 0 Å². The Balaban J connectivity index is 2.29. The van der Waals surface area contributed by atoms with Gasteiger partial charge in [-0.3, -0.25) is 5.32 Å². The monoisotopic (exact) mass is 169 g/mol. The van der Waals surface area contributed by atoms with Crippen molar-refractivity contribution in [3.05, 3.63) is 12.0 Å². The molecule has 12 heavy (non-hydrogen) atoms. The molecule has 0 bridgehead atoms. The molecule has 2 heterocycles. The van der Waals surface area contributed by atoms with Gasteiger partial charge in [0.25, 0.3) is 0 Å². The first-order valence-electron chi connectivity index (χ1n) is 3.74. The largest absolute Gasteiger partial charge is 0.377 e. The number of β-amino-alcohol motifs (C(OH)–C–C–N with tert-alkyl or cyclic N) is 1. The molecule has 1 aromatic rings. The molecular formula is C6H11N5O. The van der Waals surface area contributed by atoms with Crippen LogP contribution in [0.2, 0.25) is 0 Å². The lowest BCUT2D eigenvalue weighted by Gasteiger charge is -2.12. The van der Waals surface area contributed by atoms with Crippen LogP contribution in [0.4, 0.5) is 5.82 Å². The molecule has 6 N–H and O–H groups in total. The number of aliphatic hydroxyl groups excluding tert-OH is 1. The van der Waals surface area contributed by atoms with Crippen LogP contribution in [0.1, 0.15) is 11.9 Å². The fourth-order valence-electron chi connectivity index (χ4n) is 1.23. The fraction of sp³-hybridized carbons (Fsp3) is 0.500. The number of nitrogens with two attached hydrogens (primary N) is 1. The summed E-state index contributed by atoms with van der Waals surface area (Å²) in [5.41, 5.74) is 6.47. The minimum atomic E-state index is -0.636. The molecule has 6 nitrogen and oxygen atoms in total. The summed E-state index contributed by atoms with van der Waals surface area (Å²) in [6, 6.07) is 0. The third-order valence-electron chi connectivity index (χ3n) is 1.81. The predicted molar refractivity (Wildman–Crippen MR) is 43.1 cm³/mol. The first-order chi connectivity index (χ1) is 5.77. The van der Waals surface area contributed by atoms with Crippen LogP contribution in [0.5, 0.6) is 0 Å². The molecule has 1 aliphatic heterocycles. The zero-order valence-corrected chi connectivity index (χ0v) is 6.41. The van der Waals surface area contributed by atoms with E-state index in [2.05, 4.69) is 20.6 Å². The molecule has 1 aromatic heterocycles. The Bertz CT molecular complexity index is 273. The van der Waals surface area contributed by atoms with Crippen LogP contribution in [-0.2, 0) is 0 Å². The molecule has 1 aliphatic rings. The van der Waals surface area contributed by atoms with E-state index in [-0.39, 0.29) is 0 Å². The number of hydrogen-bond acceptors (Lipinski definition) is 5. The number of fused-ring (bicyclic) bond motifs is 1. The summed E-state index contributed by atoms with van der Waals surface area (Å²) in [7, 11) is 0. The van der Waals surface area contributed by atoms with Crippen LogP contribution >= 0.6 is 0 Å². The molecule has 0 spiro atoms.